The molecule has 3 saturated carbocycles. The van der Waals surface area contributed by atoms with E-state index in [0.717, 1.165) is 24.2 Å². The number of fused-ring (bicyclic) bond motifs is 5. The van der Waals surface area contributed by atoms with E-state index in [9.17, 15) is 5.11 Å². The van der Waals surface area contributed by atoms with Gasteiger partial charge >= 0.3 is 0 Å². The van der Waals surface area contributed by atoms with Crippen LogP contribution in [-0.2, 0) is 0 Å². The number of aliphatic hydroxyl groups is 1. The summed E-state index contributed by atoms with van der Waals surface area (Å²) >= 11 is 0. The van der Waals surface area contributed by atoms with Gasteiger partial charge < -0.3 is 5.11 Å². The summed E-state index contributed by atoms with van der Waals surface area (Å²) in [5.41, 5.74) is 4.41. The van der Waals surface area contributed by atoms with Crippen LogP contribution in [0.1, 0.15) is 113 Å². The van der Waals surface area contributed by atoms with Gasteiger partial charge in [0.25, 0.3) is 0 Å². The fraction of sp³-hybridized carbons (Fsp3) is 0.871. The van der Waals surface area contributed by atoms with Crippen LogP contribution in [0, 0.1) is 51.2 Å². The van der Waals surface area contributed by atoms with Crippen molar-refractivity contribution in [3.8, 4) is 0 Å². The average molecular weight is 441 g/mol. The van der Waals surface area contributed by atoms with E-state index in [1.165, 1.54) is 56.9 Å². The molecule has 1 nitrogen and oxygen atoms in total. The van der Waals surface area contributed by atoms with Crippen molar-refractivity contribution in [1.29, 1.82) is 0 Å². The van der Waals surface area contributed by atoms with E-state index in [4.69, 9.17) is 0 Å². The number of rotatable bonds is 5. The van der Waals surface area contributed by atoms with Crippen molar-refractivity contribution in [2.24, 2.45) is 51.2 Å². The van der Waals surface area contributed by atoms with E-state index in [2.05, 4.69) is 68.0 Å². The molecule has 182 valence electrons. The maximum atomic E-state index is 10.8. The Hall–Kier alpha value is -0.560. The smallest absolute Gasteiger partial charge is 0.0594 e. The summed E-state index contributed by atoms with van der Waals surface area (Å²) in [5, 5.41) is 10.8. The van der Waals surface area contributed by atoms with Crippen LogP contribution in [0.2, 0.25) is 0 Å². The molecule has 0 amide bonds. The van der Waals surface area contributed by atoms with Crippen molar-refractivity contribution >= 4 is 0 Å². The molecule has 0 aromatic carbocycles. The van der Waals surface area contributed by atoms with Gasteiger partial charge in [-0.3, -0.25) is 0 Å². The zero-order valence-electron chi connectivity index (χ0n) is 22.6. The largest absolute Gasteiger partial charge is 0.393 e. The SMILES string of the molecule is C=C(CCC(C)C1CCC2(C)C3CCC4C(C)(CCC(O)C4(C)C)C3=CCC12C)C(C)C. The standard InChI is InChI=1S/C31H52O/c1-20(2)21(3)10-11-22(4)23-14-18-31(9)25-12-13-26-28(5,6)27(32)16-17-29(26,7)24(25)15-19-30(23,31)8/h15,20,22-23,25-27,32H,3,10-14,16-19H2,1-2,4-9H3. The first-order valence-electron chi connectivity index (χ1n) is 13.9. The van der Waals surface area contributed by atoms with Crippen molar-refractivity contribution in [2.45, 2.75) is 119 Å². The van der Waals surface area contributed by atoms with E-state index < -0.39 is 0 Å². The number of allylic oxidation sites excluding steroid dienone is 3. The number of aliphatic hydroxyl groups excluding tert-OH is 1. The minimum atomic E-state index is -0.139. The summed E-state index contributed by atoms with van der Waals surface area (Å²) in [6.07, 6.45) is 14.0. The zero-order chi connectivity index (χ0) is 23.7. The molecule has 8 atom stereocenters. The minimum absolute atomic E-state index is 0.0337. The molecule has 0 heterocycles. The molecule has 4 rings (SSSR count). The molecule has 0 aliphatic heterocycles. The topological polar surface area (TPSA) is 20.2 Å². The molecular weight excluding hydrogens is 388 g/mol. The van der Waals surface area contributed by atoms with Gasteiger partial charge in [0.2, 0.25) is 0 Å². The molecule has 1 heteroatoms. The third kappa shape index (κ3) is 3.34. The molecular formula is C31H52O. The van der Waals surface area contributed by atoms with Crippen molar-refractivity contribution in [2.75, 3.05) is 0 Å². The van der Waals surface area contributed by atoms with E-state index in [1.807, 2.05) is 0 Å². The van der Waals surface area contributed by atoms with Crippen molar-refractivity contribution in [3.05, 3.63) is 23.8 Å². The highest BCUT2D eigenvalue weighted by atomic mass is 16.3. The lowest BCUT2D eigenvalue weighted by Gasteiger charge is -2.64. The molecule has 0 aromatic rings. The predicted octanol–water partition coefficient (Wildman–Crippen LogP) is 8.58. The molecule has 4 aliphatic rings. The van der Waals surface area contributed by atoms with Crippen LogP contribution in [0.3, 0.4) is 0 Å². The van der Waals surface area contributed by atoms with Gasteiger partial charge in [0, 0.05) is 0 Å². The van der Waals surface area contributed by atoms with Gasteiger partial charge in [0.15, 0.2) is 0 Å². The molecule has 4 aliphatic carbocycles. The average Bonchev–Trinajstić information content (AvgIpc) is 3.00. The molecule has 0 spiro atoms. The Bertz CT molecular complexity index is 773. The van der Waals surface area contributed by atoms with Gasteiger partial charge in [-0.25, -0.2) is 0 Å². The van der Waals surface area contributed by atoms with E-state index in [0.29, 0.717) is 22.7 Å². The fourth-order valence-corrected chi connectivity index (χ4v) is 9.57. The van der Waals surface area contributed by atoms with Gasteiger partial charge in [0.1, 0.15) is 0 Å². The lowest BCUT2D eigenvalue weighted by Crippen LogP contribution is -2.57. The highest BCUT2D eigenvalue weighted by Crippen LogP contribution is 2.73. The second kappa shape index (κ2) is 8.00. The zero-order valence-corrected chi connectivity index (χ0v) is 22.6. The predicted molar refractivity (Wildman–Crippen MR) is 137 cm³/mol. The lowest BCUT2D eigenvalue weighted by molar-refractivity contribution is -0.118. The van der Waals surface area contributed by atoms with Crippen LogP contribution >= 0.6 is 0 Å². The van der Waals surface area contributed by atoms with Gasteiger partial charge in [0.05, 0.1) is 6.10 Å². The summed E-state index contributed by atoms with van der Waals surface area (Å²) in [7, 11) is 0. The van der Waals surface area contributed by atoms with E-state index in [1.54, 1.807) is 5.57 Å². The first-order chi connectivity index (χ1) is 14.8. The van der Waals surface area contributed by atoms with E-state index in [-0.39, 0.29) is 16.9 Å². The van der Waals surface area contributed by atoms with Crippen molar-refractivity contribution < 1.29 is 5.11 Å². The summed E-state index contributed by atoms with van der Waals surface area (Å²) < 4.78 is 0. The molecule has 32 heavy (non-hydrogen) atoms. The van der Waals surface area contributed by atoms with Gasteiger partial charge in [-0.1, -0.05) is 79.2 Å². The van der Waals surface area contributed by atoms with Crippen LogP contribution in [0.5, 0.6) is 0 Å². The molecule has 8 unspecified atom stereocenters. The molecule has 0 bridgehead atoms. The van der Waals surface area contributed by atoms with Crippen LogP contribution in [-0.4, -0.2) is 11.2 Å². The Kier molecular flexibility index (Phi) is 6.14. The quantitative estimate of drug-likeness (QED) is 0.424. The van der Waals surface area contributed by atoms with Gasteiger partial charge in [-0.15, -0.1) is 0 Å². The van der Waals surface area contributed by atoms with Crippen LogP contribution in [0.4, 0.5) is 0 Å². The summed E-state index contributed by atoms with van der Waals surface area (Å²) in [6.45, 7) is 24.1. The molecule has 0 radical (unpaired) electrons. The highest BCUT2D eigenvalue weighted by molar-refractivity contribution is 5.32. The second-order valence-electron chi connectivity index (χ2n) is 14.1. The Morgan fingerprint density at radius 1 is 1.00 bits per heavy atom. The van der Waals surface area contributed by atoms with Crippen LogP contribution < -0.4 is 0 Å². The van der Waals surface area contributed by atoms with Gasteiger partial charge in [-0.2, -0.15) is 0 Å². The third-order valence-electron chi connectivity index (χ3n) is 12.3. The Morgan fingerprint density at radius 2 is 1.69 bits per heavy atom. The normalized spacial score (nSPS) is 46.1. The fourth-order valence-electron chi connectivity index (χ4n) is 9.57. The molecule has 3 fully saturated rings. The summed E-state index contributed by atoms with van der Waals surface area (Å²) in [5.74, 6) is 3.59. The minimum Gasteiger partial charge on any atom is -0.393 e. The molecule has 1 N–H and O–H groups in total. The monoisotopic (exact) mass is 440 g/mol. The Morgan fingerprint density at radius 3 is 2.34 bits per heavy atom. The second-order valence-corrected chi connectivity index (χ2v) is 14.1. The van der Waals surface area contributed by atoms with Crippen LogP contribution in [0.25, 0.3) is 0 Å². The number of hydrogen-bond acceptors (Lipinski definition) is 1. The van der Waals surface area contributed by atoms with E-state index >= 15 is 0 Å². The lowest BCUT2D eigenvalue weighted by atomic mass is 9.41. The summed E-state index contributed by atoms with van der Waals surface area (Å²) in [6, 6.07) is 0. The summed E-state index contributed by atoms with van der Waals surface area (Å²) in [4.78, 5) is 0. The molecule has 0 saturated heterocycles. The molecule has 0 aromatic heterocycles. The maximum absolute atomic E-state index is 10.8. The van der Waals surface area contributed by atoms with Crippen LogP contribution in [0.15, 0.2) is 23.8 Å². The highest BCUT2D eigenvalue weighted by Gasteiger charge is 2.65. The van der Waals surface area contributed by atoms with Crippen molar-refractivity contribution in [1.82, 2.24) is 0 Å². The maximum Gasteiger partial charge on any atom is 0.0594 e. The Balaban J connectivity index is 1.61. The number of hydrogen-bond donors (Lipinski definition) is 1. The first kappa shape index (κ1) is 24.6. The third-order valence-corrected chi connectivity index (χ3v) is 12.3. The van der Waals surface area contributed by atoms with Gasteiger partial charge in [-0.05, 0) is 109 Å². The first-order valence-corrected chi connectivity index (χ1v) is 13.9. The van der Waals surface area contributed by atoms with Crippen molar-refractivity contribution in [3.63, 3.8) is 0 Å². The Labute approximate surface area is 199 Å².